The normalized spacial score (nSPS) is 12.3. The molecule has 0 saturated heterocycles. The first-order valence-electron chi connectivity index (χ1n) is 8.47. The minimum atomic E-state index is 0.567. The number of rotatable bonds is 1. The standard InChI is InChI=1S/C22H19NS/c1-13(2)14-8-9-16-18-11-10-17-15-6-4-5-7-19(15)23(3)21(17)22(18)24-20(16)12-14/h4-13H,1-3H3. The average Bonchev–Trinajstić information content (AvgIpc) is 3.10. The Hall–Kier alpha value is -2.32. The van der Waals surface area contributed by atoms with Crippen LogP contribution in [0.25, 0.3) is 42.0 Å². The van der Waals surface area contributed by atoms with Crippen molar-refractivity contribution in [3.63, 3.8) is 0 Å². The van der Waals surface area contributed by atoms with E-state index < -0.39 is 0 Å². The van der Waals surface area contributed by atoms with Gasteiger partial charge in [-0.25, -0.2) is 0 Å². The van der Waals surface area contributed by atoms with E-state index in [1.807, 2.05) is 11.3 Å². The zero-order valence-corrected chi connectivity index (χ0v) is 14.9. The maximum atomic E-state index is 2.37. The highest BCUT2D eigenvalue weighted by Crippen LogP contribution is 2.41. The third kappa shape index (κ3) is 1.75. The highest BCUT2D eigenvalue weighted by molar-refractivity contribution is 7.26. The molecule has 0 aliphatic carbocycles. The lowest BCUT2D eigenvalue weighted by Gasteiger charge is -2.04. The van der Waals surface area contributed by atoms with E-state index in [-0.39, 0.29) is 0 Å². The topological polar surface area (TPSA) is 4.93 Å². The van der Waals surface area contributed by atoms with Crippen LogP contribution in [-0.2, 0) is 7.05 Å². The number of nitrogens with zero attached hydrogens (tertiary/aromatic N) is 1. The Morgan fingerprint density at radius 1 is 0.833 bits per heavy atom. The molecule has 0 spiro atoms. The Balaban J connectivity index is 1.98. The summed E-state index contributed by atoms with van der Waals surface area (Å²) < 4.78 is 5.15. The molecule has 2 heteroatoms. The lowest BCUT2D eigenvalue weighted by Crippen LogP contribution is -1.86. The molecular formula is C22H19NS. The molecule has 0 N–H and O–H groups in total. The first-order valence-corrected chi connectivity index (χ1v) is 9.29. The summed E-state index contributed by atoms with van der Waals surface area (Å²) in [5, 5.41) is 5.46. The molecule has 0 aliphatic rings. The molecule has 2 aromatic heterocycles. The fraction of sp³-hybridized carbons (Fsp3) is 0.182. The van der Waals surface area contributed by atoms with Gasteiger partial charge in [0.15, 0.2) is 0 Å². The van der Waals surface area contributed by atoms with Gasteiger partial charge in [-0.2, -0.15) is 0 Å². The maximum Gasteiger partial charge on any atom is 0.0670 e. The van der Waals surface area contributed by atoms with Crippen molar-refractivity contribution in [3.8, 4) is 0 Å². The SMILES string of the molecule is CC(C)c1ccc2c(c1)sc1c2ccc2c3ccccc3n(C)c21. The lowest BCUT2D eigenvalue weighted by atomic mass is 10.0. The Labute approximate surface area is 145 Å². The summed E-state index contributed by atoms with van der Waals surface area (Å²) in [6, 6.07) is 20.3. The highest BCUT2D eigenvalue weighted by atomic mass is 32.1. The minimum absolute atomic E-state index is 0.567. The molecule has 0 fully saturated rings. The second-order valence-electron chi connectivity index (χ2n) is 6.93. The van der Waals surface area contributed by atoms with E-state index >= 15 is 0 Å². The van der Waals surface area contributed by atoms with Gasteiger partial charge in [0, 0.05) is 38.8 Å². The molecule has 0 bridgehead atoms. The molecule has 0 amide bonds. The van der Waals surface area contributed by atoms with Gasteiger partial charge >= 0.3 is 0 Å². The third-order valence-corrected chi connectivity index (χ3v) is 6.37. The van der Waals surface area contributed by atoms with E-state index in [2.05, 4.69) is 80.1 Å². The zero-order valence-electron chi connectivity index (χ0n) is 14.1. The zero-order chi connectivity index (χ0) is 16.4. The Bertz CT molecular complexity index is 1240. The molecule has 5 rings (SSSR count). The van der Waals surface area contributed by atoms with Crippen LogP contribution in [-0.4, -0.2) is 4.57 Å². The van der Waals surface area contributed by atoms with Crippen LogP contribution in [0.15, 0.2) is 54.6 Å². The van der Waals surface area contributed by atoms with Gasteiger partial charge in [-0.05, 0) is 23.6 Å². The van der Waals surface area contributed by atoms with Crippen molar-refractivity contribution < 1.29 is 0 Å². The molecule has 1 nitrogen and oxygen atoms in total. The summed E-state index contributed by atoms with van der Waals surface area (Å²) in [5.74, 6) is 0.567. The van der Waals surface area contributed by atoms with Crippen molar-refractivity contribution in [1.29, 1.82) is 0 Å². The highest BCUT2D eigenvalue weighted by Gasteiger charge is 2.15. The quantitative estimate of drug-likeness (QED) is 0.318. The monoisotopic (exact) mass is 329 g/mol. The molecule has 118 valence electrons. The van der Waals surface area contributed by atoms with Crippen molar-refractivity contribution >= 4 is 53.3 Å². The Morgan fingerprint density at radius 2 is 1.58 bits per heavy atom. The summed E-state index contributed by atoms with van der Waals surface area (Å²) in [6.07, 6.45) is 0. The number of hydrogen-bond donors (Lipinski definition) is 0. The lowest BCUT2D eigenvalue weighted by molar-refractivity contribution is 0.869. The first kappa shape index (κ1) is 14.1. The van der Waals surface area contributed by atoms with E-state index in [0.29, 0.717) is 5.92 Å². The van der Waals surface area contributed by atoms with Crippen molar-refractivity contribution in [2.24, 2.45) is 7.05 Å². The van der Waals surface area contributed by atoms with Crippen LogP contribution in [0.3, 0.4) is 0 Å². The fourth-order valence-electron chi connectivity index (χ4n) is 3.87. The minimum Gasteiger partial charge on any atom is -0.342 e. The van der Waals surface area contributed by atoms with E-state index in [9.17, 15) is 0 Å². The molecule has 0 aliphatic heterocycles. The average molecular weight is 329 g/mol. The van der Waals surface area contributed by atoms with E-state index in [1.165, 1.54) is 47.5 Å². The maximum absolute atomic E-state index is 2.37. The summed E-state index contributed by atoms with van der Waals surface area (Å²) >= 11 is 1.93. The number of para-hydroxylation sites is 1. The van der Waals surface area contributed by atoms with Crippen molar-refractivity contribution in [1.82, 2.24) is 4.57 Å². The largest absolute Gasteiger partial charge is 0.342 e. The molecule has 0 saturated carbocycles. The van der Waals surface area contributed by atoms with Crippen LogP contribution in [0.5, 0.6) is 0 Å². The molecule has 0 unspecified atom stereocenters. The predicted molar refractivity (Wildman–Crippen MR) is 107 cm³/mol. The molecular weight excluding hydrogens is 310 g/mol. The fourth-order valence-corrected chi connectivity index (χ4v) is 5.20. The van der Waals surface area contributed by atoms with Crippen LogP contribution in [0.4, 0.5) is 0 Å². The van der Waals surface area contributed by atoms with Crippen LogP contribution < -0.4 is 0 Å². The van der Waals surface area contributed by atoms with Gasteiger partial charge in [-0.1, -0.05) is 56.3 Å². The van der Waals surface area contributed by atoms with Crippen molar-refractivity contribution in [3.05, 3.63) is 60.2 Å². The molecule has 5 aromatic rings. The number of hydrogen-bond acceptors (Lipinski definition) is 1. The number of benzene rings is 3. The summed E-state index contributed by atoms with van der Waals surface area (Å²) in [4.78, 5) is 0. The Morgan fingerprint density at radius 3 is 2.42 bits per heavy atom. The molecule has 3 aromatic carbocycles. The van der Waals surface area contributed by atoms with Crippen LogP contribution >= 0.6 is 11.3 Å². The molecule has 2 heterocycles. The van der Waals surface area contributed by atoms with Gasteiger partial charge < -0.3 is 4.57 Å². The van der Waals surface area contributed by atoms with Gasteiger partial charge in [-0.15, -0.1) is 11.3 Å². The van der Waals surface area contributed by atoms with Gasteiger partial charge in [0.25, 0.3) is 0 Å². The summed E-state index contributed by atoms with van der Waals surface area (Å²) in [5.41, 5.74) is 4.09. The van der Waals surface area contributed by atoms with E-state index in [0.717, 1.165) is 0 Å². The molecule has 0 radical (unpaired) electrons. The van der Waals surface area contributed by atoms with E-state index in [1.54, 1.807) is 0 Å². The van der Waals surface area contributed by atoms with Gasteiger partial charge in [0.05, 0.1) is 10.2 Å². The second-order valence-corrected chi connectivity index (χ2v) is 7.98. The third-order valence-electron chi connectivity index (χ3n) is 5.20. The van der Waals surface area contributed by atoms with Crippen molar-refractivity contribution in [2.45, 2.75) is 19.8 Å². The second kappa shape index (κ2) is 4.84. The van der Waals surface area contributed by atoms with Crippen LogP contribution in [0, 0.1) is 0 Å². The number of aromatic nitrogens is 1. The molecule has 24 heavy (non-hydrogen) atoms. The van der Waals surface area contributed by atoms with E-state index in [4.69, 9.17) is 0 Å². The smallest absolute Gasteiger partial charge is 0.0670 e. The van der Waals surface area contributed by atoms with Gasteiger partial charge in [0.1, 0.15) is 0 Å². The molecule has 0 atom stereocenters. The van der Waals surface area contributed by atoms with Crippen LogP contribution in [0.1, 0.15) is 25.3 Å². The number of fused-ring (bicyclic) bond motifs is 7. The van der Waals surface area contributed by atoms with Gasteiger partial charge in [-0.3, -0.25) is 0 Å². The first-order chi connectivity index (χ1) is 11.6. The van der Waals surface area contributed by atoms with Crippen molar-refractivity contribution in [2.75, 3.05) is 0 Å². The van der Waals surface area contributed by atoms with Crippen LogP contribution in [0.2, 0.25) is 0 Å². The number of thiophene rings is 1. The summed E-state index contributed by atoms with van der Waals surface area (Å²) in [6.45, 7) is 4.52. The van der Waals surface area contributed by atoms with Gasteiger partial charge in [0.2, 0.25) is 0 Å². The predicted octanol–water partition coefficient (Wildman–Crippen LogP) is 6.82. The number of aryl methyl sites for hydroxylation is 1. The summed E-state index contributed by atoms with van der Waals surface area (Å²) in [7, 11) is 2.19. The Kier molecular flexibility index (Phi) is 2.84.